The van der Waals surface area contributed by atoms with E-state index in [1.807, 2.05) is 6.07 Å². The maximum absolute atomic E-state index is 13.7. The van der Waals surface area contributed by atoms with Crippen LogP contribution in [0.15, 0.2) is 36.4 Å². The lowest BCUT2D eigenvalue weighted by molar-refractivity contribution is -1.02. The number of hydrogen-bond acceptors (Lipinski definition) is 3. The van der Waals surface area contributed by atoms with Gasteiger partial charge in [-0.2, -0.15) is 0 Å². The molecule has 3 N–H and O–H groups in total. The second kappa shape index (κ2) is 9.71. The molecule has 0 spiro atoms. The van der Waals surface area contributed by atoms with Crippen LogP contribution in [-0.4, -0.2) is 52.9 Å². The molecule has 1 aliphatic rings. The van der Waals surface area contributed by atoms with Crippen molar-refractivity contribution in [1.29, 1.82) is 0 Å². The minimum Gasteiger partial charge on any atom is -0.493 e. The average Bonchev–Trinajstić information content (AvgIpc) is 2.72. The number of rotatable bonds is 7. The highest BCUT2D eigenvalue weighted by molar-refractivity contribution is 5.91. The number of piperazine rings is 1. The summed E-state index contributed by atoms with van der Waals surface area (Å²) < 4.78 is 24.5. The van der Waals surface area contributed by atoms with Crippen LogP contribution < -0.4 is 24.6 Å². The second-order valence-electron chi connectivity index (χ2n) is 7.52. The van der Waals surface area contributed by atoms with E-state index in [-0.39, 0.29) is 11.6 Å². The van der Waals surface area contributed by atoms with Crippen molar-refractivity contribution < 1.29 is 28.5 Å². The lowest BCUT2D eigenvalue weighted by Crippen LogP contribution is -3.28. The number of amides is 1. The van der Waals surface area contributed by atoms with E-state index in [2.05, 4.69) is 18.3 Å². The lowest BCUT2D eigenvalue weighted by Gasteiger charge is -2.29. The number of methoxy groups -OCH3 is 2. The van der Waals surface area contributed by atoms with Crippen molar-refractivity contribution >= 4 is 11.6 Å². The molecule has 0 aromatic heterocycles. The third-order valence-electron chi connectivity index (χ3n) is 5.51. The molecule has 1 heterocycles. The Bertz CT molecular complexity index is 851. The van der Waals surface area contributed by atoms with Crippen LogP contribution >= 0.6 is 0 Å². The molecule has 0 bridgehead atoms. The van der Waals surface area contributed by atoms with E-state index >= 15 is 0 Å². The van der Waals surface area contributed by atoms with E-state index in [0.717, 1.165) is 44.2 Å². The van der Waals surface area contributed by atoms with Crippen LogP contribution in [0.1, 0.15) is 11.1 Å². The third-order valence-corrected chi connectivity index (χ3v) is 5.51. The molecule has 156 valence electrons. The van der Waals surface area contributed by atoms with Crippen molar-refractivity contribution in [3.05, 3.63) is 53.3 Å². The van der Waals surface area contributed by atoms with Gasteiger partial charge in [-0.05, 0) is 36.8 Å². The van der Waals surface area contributed by atoms with E-state index in [9.17, 15) is 9.18 Å². The smallest absolute Gasteiger partial charge is 0.279 e. The molecule has 6 nitrogen and oxygen atoms in total. The van der Waals surface area contributed by atoms with Gasteiger partial charge in [-0.25, -0.2) is 4.39 Å². The van der Waals surface area contributed by atoms with E-state index in [1.54, 1.807) is 32.4 Å². The molecule has 0 atom stereocenters. The number of nitrogens with one attached hydrogen (secondary N) is 3. The van der Waals surface area contributed by atoms with Gasteiger partial charge in [-0.3, -0.25) is 4.79 Å². The van der Waals surface area contributed by atoms with Crippen molar-refractivity contribution in [1.82, 2.24) is 0 Å². The summed E-state index contributed by atoms with van der Waals surface area (Å²) in [7, 11) is 3.30. The SMILES string of the molecule is COc1cc(C)c(C[NH+]2CC[NH+](CC(=O)Nc3ccccc3F)CC2)cc1OC. The summed E-state index contributed by atoms with van der Waals surface area (Å²) in [6, 6.07) is 10.3. The van der Waals surface area contributed by atoms with Gasteiger partial charge in [-0.1, -0.05) is 12.1 Å². The van der Waals surface area contributed by atoms with Crippen LogP contribution in [0.5, 0.6) is 11.5 Å². The fourth-order valence-corrected chi connectivity index (χ4v) is 3.78. The second-order valence-corrected chi connectivity index (χ2v) is 7.52. The molecule has 0 unspecified atom stereocenters. The number of carbonyl (C=O) groups excluding carboxylic acids is 1. The third kappa shape index (κ3) is 5.46. The Labute approximate surface area is 171 Å². The summed E-state index contributed by atoms with van der Waals surface area (Å²) in [5.74, 6) is 0.945. The first-order valence-corrected chi connectivity index (χ1v) is 9.93. The molecule has 1 aliphatic heterocycles. The number of halogens is 1. The Morgan fingerprint density at radius 2 is 1.66 bits per heavy atom. The number of aryl methyl sites for hydroxylation is 1. The highest BCUT2D eigenvalue weighted by Gasteiger charge is 2.26. The quantitative estimate of drug-likeness (QED) is 0.614. The first-order chi connectivity index (χ1) is 14.0. The van der Waals surface area contributed by atoms with Crippen LogP contribution in [0.3, 0.4) is 0 Å². The summed E-state index contributed by atoms with van der Waals surface area (Å²) in [5, 5.41) is 2.67. The topological polar surface area (TPSA) is 56.4 Å². The lowest BCUT2D eigenvalue weighted by atomic mass is 10.1. The predicted octanol–water partition coefficient (Wildman–Crippen LogP) is 0.0734. The molecule has 1 amide bonds. The molecule has 0 saturated carbocycles. The molecule has 0 aliphatic carbocycles. The van der Waals surface area contributed by atoms with Gasteiger partial charge in [-0.15, -0.1) is 0 Å². The summed E-state index contributed by atoms with van der Waals surface area (Å²) >= 11 is 0. The Morgan fingerprint density at radius 1 is 1.03 bits per heavy atom. The van der Waals surface area contributed by atoms with Crippen molar-refractivity contribution in [2.24, 2.45) is 0 Å². The highest BCUT2D eigenvalue weighted by Crippen LogP contribution is 2.29. The number of anilines is 1. The van der Waals surface area contributed by atoms with Crippen LogP contribution in [0, 0.1) is 12.7 Å². The molecule has 7 heteroatoms. The number of carbonyl (C=O) groups is 1. The van der Waals surface area contributed by atoms with Crippen LogP contribution in [0.4, 0.5) is 10.1 Å². The molecule has 29 heavy (non-hydrogen) atoms. The summed E-state index contributed by atoms with van der Waals surface area (Å²) in [6.07, 6.45) is 0. The number of quaternary nitrogens is 2. The predicted molar refractivity (Wildman–Crippen MR) is 109 cm³/mol. The molecule has 1 saturated heterocycles. The Hall–Kier alpha value is -2.64. The average molecular weight is 403 g/mol. The van der Waals surface area contributed by atoms with Crippen LogP contribution in [0.2, 0.25) is 0 Å². The highest BCUT2D eigenvalue weighted by atomic mass is 19.1. The Kier molecular flexibility index (Phi) is 7.06. The fraction of sp³-hybridized carbons (Fsp3) is 0.409. The zero-order chi connectivity index (χ0) is 20.8. The number of ether oxygens (including phenoxy) is 2. The van der Waals surface area contributed by atoms with Crippen LogP contribution in [-0.2, 0) is 11.3 Å². The van der Waals surface area contributed by atoms with Gasteiger partial charge in [0.05, 0.1) is 19.9 Å². The number of para-hydroxylation sites is 1. The van der Waals surface area contributed by atoms with Gasteiger partial charge in [0.2, 0.25) is 0 Å². The van der Waals surface area contributed by atoms with E-state index in [1.165, 1.54) is 27.0 Å². The van der Waals surface area contributed by atoms with E-state index < -0.39 is 5.82 Å². The summed E-state index contributed by atoms with van der Waals surface area (Å²) in [6.45, 7) is 7.15. The van der Waals surface area contributed by atoms with Crippen molar-refractivity contribution in [2.45, 2.75) is 13.5 Å². The molecule has 1 fully saturated rings. The first kappa shape index (κ1) is 21.1. The Morgan fingerprint density at radius 3 is 2.31 bits per heavy atom. The van der Waals surface area contributed by atoms with E-state index in [4.69, 9.17) is 9.47 Å². The molecule has 0 radical (unpaired) electrons. The van der Waals surface area contributed by atoms with Crippen LogP contribution in [0.25, 0.3) is 0 Å². The van der Waals surface area contributed by atoms with Gasteiger partial charge in [0.1, 0.15) is 38.5 Å². The first-order valence-electron chi connectivity index (χ1n) is 9.93. The Balaban J connectivity index is 1.51. The van der Waals surface area contributed by atoms with E-state index in [0.29, 0.717) is 6.54 Å². The van der Waals surface area contributed by atoms with Crippen molar-refractivity contribution in [3.8, 4) is 11.5 Å². The summed E-state index contributed by atoms with van der Waals surface area (Å²) in [4.78, 5) is 15.0. The number of benzene rings is 2. The minimum absolute atomic E-state index is 0.149. The van der Waals surface area contributed by atoms with Gasteiger partial charge in [0, 0.05) is 5.56 Å². The van der Waals surface area contributed by atoms with Gasteiger partial charge in [0.25, 0.3) is 5.91 Å². The van der Waals surface area contributed by atoms with Gasteiger partial charge in [0.15, 0.2) is 18.0 Å². The zero-order valence-corrected chi connectivity index (χ0v) is 17.3. The minimum atomic E-state index is -0.407. The maximum atomic E-state index is 13.7. The molecule has 2 aromatic carbocycles. The van der Waals surface area contributed by atoms with Crippen molar-refractivity contribution in [3.63, 3.8) is 0 Å². The van der Waals surface area contributed by atoms with Crippen molar-refractivity contribution in [2.75, 3.05) is 52.3 Å². The fourth-order valence-electron chi connectivity index (χ4n) is 3.78. The largest absolute Gasteiger partial charge is 0.493 e. The number of hydrogen-bond donors (Lipinski definition) is 3. The zero-order valence-electron chi connectivity index (χ0n) is 17.3. The maximum Gasteiger partial charge on any atom is 0.279 e. The van der Waals surface area contributed by atoms with Gasteiger partial charge < -0.3 is 24.6 Å². The molecular formula is C22H30FN3O3+2. The standard InChI is InChI=1S/C22H28FN3O3/c1-16-12-20(28-2)21(29-3)13-17(16)14-25-8-10-26(11-9-25)15-22(27)24-19-7-5-4-6-18(19)23/h4-7,12-13H,8-11,14-15H2,1-3H3,(H,24,27)/p+2. The molecule has 3 rings (SSSR count). The monoisotopic (exact) mass is 403 g/mol. The normalized spacial score (nSPS) is 18.9. The van der Waals surface area contributed by atoms with Gasteiger partial charge >= 0.3 is 0 Å². The molecule has 2 aromatic rings. The molecular weight excluding hydrogens is 373 g/mol. The summed E-state index contributed by atoms with van der Waals surface area (Å²) in [5.41, 5.74) is 2.68.